The van der Waals surface area contributed by atoms with Crippen molar-refractivity contribution in [1.82, 2.24) is 15.2 Å². The van der Waals surface area contributed by atoms with E-state index in [-0.39, 0.29) is 5.69 Å². The minimum absolute atomic E-state index is 0.0941. The molecule has 0 aliphatic rings. The first kappa shape index (κ1) is 18.5. The summed E-state index contributed by atoms with van der Waals surface area (Å²) in [4.78, 5) is 4.45. The lowest BCUT2D eigenvalue weighted by Crippen LogP contribution is -2.04. The van der Waals surface area contributed by atoms with E-state index in [0.717, 1.165) is 16.5 Å². The predicted molar refractivity (Wildman–Crippen MR) is 111 cm³/mol. The summed E-state index contributed by atoms with van der Waals surface area (Å²) in [7, 11) is 3.22. The van der Waals surface area contributed by atoms with Crippen molar-refractivity contribution < 1.29 is 13.9 Å². The summed E-state index contributed by atoms with van der Waals surface area (Å²) in [6, 6.07) is 12.1. The van der Waals surface area contributed by atoms with Crippen LogP contribution in [0.2, 0.25) is 0 Å². The number of benzene rings is 2. The van der Waals surface area contributed by atoms with Gasteiger partial charge < -0.3 is 20.5 Å². The third-order valence-electron chi connectivity index (χ3n) is 4.69. The van der Waals surface area contributed by atoms with Crippen molar-refractivity contribution in [3.05, 3.63) is 60.0 Å². The summed E-state index contributed by atoms with van der Waals surface area (Å²) < 4.78 is 24.7. The Morgan fingerprint density at radius 1 is 1.10 bits per heavy atom. The van der Waals surface area contributed by atoms with Gasteiger partial charge in [-0.2, -0.15) is 5.10 Å². The van der Waals surface area contributed by atoms with E-state index >= 15 is 0 Å². The summed E-state index contributed by atoms with van der Waals surface area (Å²) in [5.74, 6) is 1.56. The smallest absolute Gasteiger partial charge is 0.146 e. The number of hydrogen-bond acceptors (Lipinski definition) is 6. The van der Waals surface area contributed by atoms with Gasteiger partial charge in [-0.05, 0) is 30.3 Å². The number of rotatable bonds is 6. The lowest BCUT2D eigenvalue weighted by Gasteiger charge is -2.12. The maximum absolute atomic E-state index is 14.0. The summed E-state index contributed by atoms with van der Waals surface area (Å²) in [5, 5.41) is 11.4. The van der Waals surface area contributed by atoms with Crippen LogP contribution in [0, 0.1) is 5.82 Å². The second-order valence-corrected chi connectivity index (χ2v) is 6.42. The molecule has 0 unspecified atom stereocenters. The van der Waals surface area contributed by atoms with Crippen LogP contribution in [0.4, 0.5) is 15.9 Å². The molecule has 7 nitrogen and oxygen atoms in total. The molecule has 8 heteroatoms. The number of methoxy groups -OCH3 is 2. The third-order valence-corrected chi connectivity index (χ3v) is 4.69. The Morgan fingerprint density at radius 2 is 1.97 bits per heavy atom. The van der Waals surface area contributed by atoms with Crippen molar-refractivity contribution in [3.63, 3.8) is 0 Å². The molecule has 29 heavy (non-hydrogen) atoms. The number of H-pyrrole nitrogens is 1. The number of ether oxygens (including phenoxy) is 2. The average Bonchev–Trinajstić information content (AvgIpc) is 3.19. The number of nitrogens with one attached hydrogen (secondary N) is 2. The number of fused-ring (bicyclic) bond motifs is 1. The molecule has 4 aromatic rings. The minimum Gasteiger partial charge on any atom is -0.497 e. The summed E-state index contributed by atoms with van der Waals surface area (Å²) in [6.07, 6.45) is 1.68. The standard InChI is InChI=1S/C21H20FN5O2/c1-28-14-5-3-13(18(10-14)29-2)11-25-21-19-17(7-8-24-21)26-27-20(19)12-4-6-16(23)15(22)9-12/h3-10H,11,23H2,1-2H3,(H,24,25)(H,26,27). The molecule has 2 aromatic heterocycles. The van der Waals surface area contributed by atoms with E-state index in [4.69, 9.17) is 15.2 Å². The highest BCUT2D eigenvalue weighted by atomic mass is 19.1. The summed E-state index contributed by atoms with van der Waals surface area (Å²) in [5.41, 5.74) is 8.62. The minimum atomic E-state index is -0.486. The number of pyridine rings is 1. The van der Waals surface area contributed by atoms with E-state index in [9.17, 15) is 4.39 Å². The number of hydrogen-bond donors (Lipinski definition) is 3. The van der Waals surface area contributed by atoms with Gasteiger partial charge in [0.15, 0.2) is 0 Å². The average molecular weight is 393 g/mol. The second-order valence-electron chi connectivity index (χ2n) is 6.42. The van der Waals surface area contributed by atoms with Gasteiger partial charge in [0.05, 0.1) is 30.8 Å². The van der Waals surface area contributed by atoms with Crippen LogP contribution in [0.25, 0.3) is 22.2 Å². The van der Waals surface area contributed by atoms with E-state index in [1.165, 1.54) is 12.1 Å². The molecule has 4 N–H and O–H groups in total. The number of nitrogen functional groups attached to an aromatic ring is 1. The van der Waals surface area contributed by atoms with E-state index in [2.05, 4.69) is 20.5 Å². The van der Waals surface area contributed by atoms with E-state index in [1.54, 1.807) is 26.5 Å². The Balaban J connectivity index is 1.70. The molecule has 2 aromatic carbocycles. The van der Waals surface area contributed by atoms with E-state index in [1.807, 2.05) is 24.3 Å². The molecule has 0 aliphatic carbocycles. The fourth-order valence-corrected chi connectivity index (χ4v) is 3.16. The predicted octanol–water partition coefficient (Wildman–Crippen LogP) is 3.98. The van der Waals surface area contributed by atoms with Gasteiger partial charge in [-0.1, -0.05) is 6.07 Å². The topological polar surface area (TPSA) is 98.1 Å². The van der Waals surface area contributed by atoms with Crippen LogP contribution in [0.15, 0.2) is 48.7 Å². The van der Waals surface area contributed by atoms with Gasteiger partial charge in [0.25, 0.3) is 0 Å². The highest BCUT2D eigenvalue weighted by Crippen LogP contribution is 2.33. The largest absolute Gasteiger partial charge is 0.497 e. The molecular formula is C21H20FN5O2. The second kappa shape index (κ2) is 7.67. The number of aromatic nitrogens is 3. The molecule has 0 amide bonds. The van der Waals surface area contributed by atoms with E-state index < -0.39 is 5.82 Å². The van der Waals surface area contributed by atoms with Gasteiger partial charge in [-0.25, -0.2) is 9.37 Å². The maximum Gasteiger partial charge on any atom is 0.146 e. The fourth-order valence-electron chi connectivity index (χ4n) is 3.16. The molecule has 0 radical (unpaired) electrons. The Morgan fingerprint density at radius 3 is 2.72 bits per heavy atom. The van der Waals surface area contributed by atoms with Gasteiger partial charge in [0, 0.05) is 29.9 Å². The Hall–Kier alpha value is -3.81. The molecule has 0 fully saturated rings. The molecular weight excluding hydrogens is 373 g/mol. The SMILES string of the molecule is COc1ccc(CNc2nccc3[nH]nc(-c4ccc(N)c(F)c4)c23)c(OC)c1. The van der Waals surface area contributed by atoms with Crippen LogP contribution in [-0.4, -0.2) is 29.4 Å². The number of aromatic amines is 1. The first-order chi connectivity index (χ1) is 14.1. The zero-order chi connectivity index (χ0) is 20.4. The van der Waals surface area contributed by atoms with E-state index in [0.29, 0.717) is 35.1 Å². The highest BCUT2D eigenvalue weighted by Gasteiger charge is 2.15. The first-order valence-corrected chi connectivity index (χ1v) is 8.94. The van der Waals surface area contributed by atoms with Gasteiger partial charge >= 0.3 is 0 Å². The summed E-state index contributed by atoms with van der Waals surface area (Å²) in [6.45, 7) is 0.472. The van der Waals surface area contributed by atoms with Crippen molar-refractivity contribution in [1.29, 1.82) is 0 Å². The van der Waals surface area contributed by atoms with Crippen LogP contribution < -0.4 is 20.5 Å². The molecule has 148 valence electrons. The maximum atomic E-state index is 14.0. The van der Waals surface area contributed by atoms with Crippen LogP contribution in [0.3, 0.4) is 0 Å². The molecule has 2 heterocycles. The monoisotopic (exact) mass is 393 g/mol. The molecule has 0 aliphatic heterocycles. The van der Waals surface area contributed by atoms with Crippen LogP contribution in [-0.2, 0) is 6.54 Å². The summed E-state index contributed by atoms with van der Waals surface area (Å²) >= 11 is 0. The zero-order valence-corrected chi connectivity index (χ0v) is 16.0. The Bertz CT molecular complexity index is 1180. The quantitative estimate of drug-likeness (QED) is 0.429. The molecule has 0 saturated heterocycles. The molecule has 4 rings (SSSR count). The van der Waals surface area contributed by atoms with Crippen molar-refractivity contribution in [2.45, 2.75) is 6.54 Å². The number of anilines is 2. The normalized spacial score (nSPS) is 10.9. The van der Waals surface area contributed by atoms with Crippen LogP contribution in [0.5, 0.6) is 11.5 Å². The molecule has 0 spiro atoms. The highest BCUT2D eigenvalue weighted by molar-refractivity contribution is 6.00. The lowest BCUT2D eigenvalue weighted by molar-refractivity contribution is 0.391. The van der Waals surface area contributed by atoms with Gasteiger partial charge in [-0.15, -0.1) is 0 Å². The van der Waals surface area contributed by atoms with Crippen molar-refractivity contribution in [2.24, 2.45) is 0 Å². The van der Waals surface area contributed by atoms with Crippen molar-refractivity contribution >= 4 is 22.4 Å². The first-order valence-electron chi connectivity index (χ1n) is 8.94. The van der Waals surface area contributed by atoms with Crippen LogP contribution >= 0.6 is 0 Å². The fraction of sp³-hybridized carbons (Fsp3) is 0.143. The Labute approximate surface area is 166 Å². The Kier molecular flexibility index (Phi) is 4.90. The van der Waals surface area contributed by atoms with Crippen molar-refractivity contribution in [3.8, 4) is 22.8 Å². The number of nitrogens with zero attached hydrogens (tertiary/aromatic N) is 2. The number of halogens is 1. The third kappa shape index (κ3) is 3.52. The number of nitrogens with two attached hydrogens (primary N) is 1. The lowest BCUT2D eigenvalue weighted by atomic mass is 10.1. The molecule has 0 saturated carbocycles. The van der Waals surface area contributed by atoms with Crippen molar-refractivity contribution in [2.75, 3.05) is 25.3 Å². The van der Waals surface area contributed by atoms with Gasteiger partial charge in [0.1, 0.15) is 28.8 Å². The van der Waals surface area contributed by atoms with Gasteiger partial charge in [0.2, 0.25) is 0 Å². The van der Waals surface area contributed by atoms with Crippen LogP contribution in [0.1, 0.15) is 5.56 Å². The zero-order valence-electron chi connectivity index (χ0n) is 16.0. The molecule has 0 bridgehead atoms. The van der Waals surface area contributed by atoms with Gasteiger partial charge in [-0.3, -0.25) is 5.10 Å². The molecule has 0 atom stereocenters.